The number of thiophene rings is 1. The third kappa shape index (κ3) is 9.07. The largest absolute Gasteiger partial charge is 0.332 e. The molecule has 0 amide bonds. The number of rotatable bonds is 8. The molecule has 12 rings (SSSR count). The van der Waals surface area contributed by atoms with E-state index in [2.05, 4.69) is 213 Å². The molecule has 12 aromatic rings. The summed E-state index contributed by atoms with van der Waals surface area (Å²) in [5, 5.41) is 8.83. The summed E-state index contributed by atoms with van der Waals surface area (Å²) in [4.78, 5) is 10.00. The Morgan fingerprint density at radius 1 is 0.625 bits per heavy atom. The van der Waals surface area contributed by atoms with Crippen LogP contribution in [0.1, 0.15) is 61.7 Å². The molecule has 0 spiro atoms. The Morgan fingerprint density at radius 3 is 2.03 bits per heavy atom. The van der Waals surface area contributed by atoms with Gasteiger partial charge in [0.2, 0.25) is 0 Å². The zero-order chi connectivity index (χ0) is 52.4. The van der Waals surface area contributed by atoms with Gasteiger partial charge >= 0.3 is 0 Å². The minimum Gasteiger partial charge on any atom is -0.332 e. The van der Waals surface area contributed by atoms with Crippen LogP contribution in [0.3, 0.4) is 0 Å². The summed E-state index contributed by atoms with van der Waals surface area (Å²) in [6.45, 7) is 13.0. The molecule has 0 bridgehead atoms. The number of pyridine rings is 1. The first kappa shape index (κ1) is 44.0. The van der Waals surface area contributed by atoms with Crippen LogP contribution in [0.2, 0.25) is 19.6 Å². The molecule has 0 N–H and O–H groups in total. The summed E-state index contributed by atoms with van der Waals surface area (Å²) >= 11 is 1.86. The minimum atomic E-state index is -2.13. The molecule has 357 valence electrons. The van der Waals surface area contributed by atoms with Gasteiger partial charge in [0.05, 0.1) is 24.9 Å². The van der Waals surface area contributed by atoms with E-state index >= 15 is 0 Å². The van der Waals surface area contributed by atoms with E-state index < -0.39 is 20.8 Å². The van der Waals surface area contributed by atoms with Crippen molar-refractivity contribution in [3.05, 3.63) is 217 Å². The van der Waals surface area contributed by atoms with E-state index in [4.69, 9.17) is 10.5 Å². The number of aryl methyl sites for hydroxylation is 1. The van der Waals surface area contributed by atoms with Gasteiger partial charge in [-0.2, -0.15) is 11.3 Å². The third-order valence-electron chi connectivity index (χ3n) is 13.6. The molecule has 0 saturated heterocycles. The second kappa shape index (κ2) is 20.0. The number of imidazole rings is 1. The normalized spacial score (nSPS) is 12.9. The molecule has 9 aromatic carbocycles. The fraction of sp³-hybridized carbons (Fsp3) is 0.152. The molecule has 0 aliphatic carbocycles. The maximum atomic E-state index is 8.48. The molecule has 3 heterocycles. The molecule has 6 heteroatoms. The summed E-state index contributed by atoms with van der Waals surface area (Å²) in [6, 6.07) is 70.5. The maximum absolute atomic E-state index is 8.48. The van der Waals surface area contributed by atoms with E-state index in [0.29, 0.717) is 0 Å². The summed E-state index contributed by atoms with van der Waals surface area (Å²) in [7, 11) is -1.61. The molecular formula is C66H57IrN3SSi-2. The molecule has 3 aromatic heterocycles. The van der Waals surface area contributed by atoms with Gasteiger partial charge in [-0.15, -0.1) is 53.6 Å². The molecule has 72 heavy (non-hydrogen) atoms. The first-order chi connectivity index (χ1) is 35.9. The average molecular weight is 1150 g/mol. The summed E-state index contributed by atoms with van der Waals surface area (Å²) in [6.07, 6.45) is 1.89. The van der Waals surface area contributed by atoms with Crippen LogP contribution < -0.4 is 5.19 Å². The molecular weight excluding hydrogens is 1090 g/mol. The molecule has 0 saturated carbocycles. The minimum absolute atomic E-state index is 0. The molecule has 0 aliphatic heterocycles. The fourth-order valence-electron chi connectivity index (χ4n) is 10.1. The van der Waals surface area contributed by atoms with Crippen LogP contribution in [0.25, 0.3) is 103 Å². The van der Waals surface area contributed by atoms with Crippen LogP contribution in [0, 0.1) is 19.0 Å². The van der Waals surface area contributed by atoms with Crippen molar-refractivity contribution in [3.8, 4) is 50.6 Å². The number of nitrogens with zero attached hydrogens (tertiary/aromatic N) is 3. The average Bonchev–Trinajstić information content (AvgIpc) is 4.04. The van der Waals surface area contributed by atoms with Gasteiger partial charge in [-0.3, -0.25) is 4.98 Å². The number of fused-ring (bicyclic) bond motifs is 8. The first-order valence-electron chi connectivity index (χ1n) is 26.4. The smallest absolute Gasteiger partial charge is 0.0799 e. The van der Waals surface area contributed by atoms with Crippen LogP contribution >= 0.6 is 11.3 Å². The van der Waals surface area contributed by atoms with Gasteiger partial charge < -0.3 is 9.55 Å². The van der Waals surface area contributed by atoms with Crippen molar-refractivity contribution >= 4 is 77.3 Å². The van der Waals surface area contributed by atoms with E-state index in [1.54, 1.807) is 12.1 Å². The molecule has 0 fully saturated rings. The summed E-state index contributed by atoms with van der Waals surface area (Å²) in [5.41, 5.74) is 13.0. The van der Waals surface area contributed by atoms with Gasteiger partial charge in [0.25, 0.3) is 0 Å². The van der Waals surface area contributed by atoms with Crippen LogP contribution in [0.4, 0.5) is 0 Å². The van der Waals surface area contributed by atoms with Crippen molar-refractivity contribution < 1.29 is 25.6 Å². The van der Waals surface area contributed by atoms with Crippen molar-refractivity contribution in [2.45, 2.75) is 66.0 Å². The van der Waals surface area contributed by atoms with Crippen molar-refractivity contribution in [2.24, 2.45) is 0 Å². The quantitative estimate of drug-likeness (QED) is 0.0862. The second-order valence-electron chi connectivity index (χ2n) is 20.0. The van der Waals surface area contributed by atoms with Crippen LogP contribution in [0.15, 0.2) is 188 Å². The predicted octanol–water partition coefficient (Wildman–Crippen LogP) is 18.1. The van der Waals surface area contributed by atoms with Crippen molar-refractivity contribution in [2.75, 3.05) is 0 Å². The van der Waals surface area contributed by atoms with Gasteiger partial charge in [0, 0.05) is 47.7 Å². The Bertz CT molecular complexity index is 4100. The van der Waals surface area contributed by atoms with E-state index in [-0.39, 0.29) is 31.6 Å². The number of para-hydroxylation sites is 2. The Kier molecular flexibility index (Phi) is 12.2. The Balaban J connectivity index is 0.000000223. The van der Waals surface area contributed by atoms with Crippen LogP contribution in [0.5, 0.6) is 0 Å². The van der Waals surface area contributed by atoms with E-state index in [1.807, 2.05) is 37.4 Å². The zero-order valence-electron chi connectivity index (χ0n) is 45.6. The Labute approximate surface area is 448 Å². The SMILES string of the molecule is CC(C)c1cc(-c2ccccc2)cc(-c2ccccc2)c1-n1c(-c2[c-]ccc3c2sc2c3ccc3c4ccccc4ccc32)nc2ccccc21.[2H]C([2H])([2H])c1c[c-]c(-c2cc(C([2H])(C)C)c([Si](C)(C)C)cn2)cc1.[Ir]. The van der Waals surface area contributed by atoms with Gasteiger partial charge in [-0.1, -0.05) is 198 Å². The van der Waals surface area contributed by atoms with Crippen molar-refractivity contribution in [1.82, 2.24) is 14.5 Å². The first-order valence-corrected chi connectivity index (χ1v) is 28.7. The van der Waals surface area contributed by atoms with Gasteiger partial charge in [0.1, 0.15) is 0 Å². The molecule has 3 nitrogen and oxygen atoms in total. The van der Waals surface area contributed by atoms with Gasteiger partial charge in [-0.05, 0) is 101 Å². The van der Waals surface area contributed by atoms with Crippen molar-refractivity contribution in [1.29, 1.82) is 0 Å². The number of hydrogen-bond donors (Lipinski definition) is 0. The molecule has 0 unspecified atom stereocenters. The van der Waals surface area contributed by atoms with E-state index in [1.165, 1.54) is 86.5 Å². The number of benzene rings is 9. The topological polar surface area (TPSA) is 30.7 Å². The maximum Gasteiger partial charge on any atom is 0.0799 e. The Morgan fingerprint density at radius 2 is 1.31 bits per heavy atom. The molecule has 1 radical (unpaired) electrons. The Hall–Kier alpha value is -6.79. The predicted molar refractivity (Wildman–Crippen MR) is 309 cm³/mol. The monoisotopic (exact) mass is 1150 g/mol. The zero-order valence-corrected chi connectivity index (χ0v) is 45.8. The third-order valence-corrected chi connectivity index (χ3v) is 16.9. The van der Waals surface area contributed by atoms with Gasteiger partial charge in [0.15, 0.2) is 0 Å². The number of aromatic nitrogens is 3. The second-order valence-corrected chi connectivity index (χ2v) is 26.0. The van der Waals surface area contributed by atoms with Crippen molar-refractivity contribution in [3.63, 3.8) is 0 Å². The summed E-state index contributed by atoms with van der Waals surface area (Å²) < 4.78 is 35.7. The fourth-order valence-corrected chi connectivity index (χ4v) is 13.0. The van der Waals surface area contributed by atoms with Crippen LogP contribution in [-0.4, -0.2) is 22.6 Å². The standard InChI is InChI=1S/C48H33N2S.C18H24NSi.Ir/c1-30(2)41-28-34(31-14-5-3-6-15-31)29-42(32-16-7-4-8-17-32)45(41)50-44-23-12-11-22-43(44)49-48(50)40-21-13-20-37-39-27-26-36-35-19-10-9-18-33(35)24-25-38(36)46(39)51-47(37)40;1-13(2)16-11-17(15-9-7-14(3)8-10-15)19-12-18(16)20(4,5)6;/h3-20,22-30H,1-2H3;7-9,11-13H,1-6H3;/q2*-1;/i;3D3,13D;. The number of hydrogen-bond acceptors (Lipinski definition) is 3. The van der Waals surface area contributed by atoms with E-state index in [0.717, 1.165) is 39.2 Å². The molecule has 0 aliphatic rings. The van der Waals surface area contributed by atoms with Gasteiger partial charge in [-0.25, -0.2) is 0 Å². The van der Waals surface area contributed by atoms with Crippen LogP contribution in [-0.2, 0) is 20.1 Å². The molecule has 0 atom stereocenters. The van der Waals surface area contributed by atoms with E-state index in [9.17, 15) is 0 Å². The summed E-state index contributed by atoms with van der Waals surface area (Å²) in [5.74, 6) is 0.450.